The minimum Gasteiger partial charge on any atom is -0.309 e. The van der Waals surface area contributed by atoms with Crippen molar-refractivity contribution >= 4 is 11.8 Å². The zero-order chi connectivity index (χ0) is 15.1. The summed E-state index contributed by atoms with van der Waals surface area (Å²) in [7, 11) is 0. The van der Waals surface area contributed by atoms with Gasteiger partial charge in [-0.2, -0.15) is 0 Å². The number of nitrogens with zero attached hydrogens (tertiary/aromatic N) is 1. The number of nitrogens with one attached hydrogen (secondary N) is 1. The summed E-state index contributed by atoms with van der Waals surface area (Å²) in [6.45, 7) is 7.74. The van der Waals surface area contributed by atoms with Crippen LogP contribution >= 0.6 is 11.8 Å². The molecule has 21 heavy (non-hydrogen) atoms. The van der Waals surface area contributed by atoms with Crippen LogP contribution in [0.25, 0.3) is 0 Å². The Hall–Kier alpha value is -1.32. The van der Waals surface area contributed by atoms with Gasteiger partial charge in [-0.1, -0.05) is 51.1 Å². The summed E-state index contributed by atoms with van der Waals surface area (Å²) < 4.78 is 0. The summed E-state index contributed by atoms with van der Waals surface area (Å²) in [4.78, 5) is 5.39. The Labute approximate surface area is 132 Å². The largest absolute Gasteiger partial charge is 0.309 e. The quantitative estimate of drug-likeness (QED) is 0.759. The van der Waals surface area contributed by atoms with Gasteiger partial charge in [0.1, 0.15) is 0 Å². The molecule has 2 unspecified atom stereocenters. The summed E-state index contributed by atoms with van der Waals surface area (Å²) in [6, 6.07) is 15.3. The van der Waals surface area contributed by atoms with E-state index in [2.05, 4.69) is 73.5 Å². The van der Waals surface area contributed by atoms with Crippen molar-refractivity contribution < 1.29 is 0 Å². The minimum atomic E-state index is 0.356. The highest BCUT2D eigenvalue weighted by atomic mass is 32.2. The molecule has 2 aromatic rings. The number of aromatic nitrogens is 1. The molecule has 0 fully saturated rings. The molecule has 2 nitrogen and oxygen atoms in total. The highest BCUT2D eigenvalue weighted by Crippen LogP contribution is 2.36. The van der Waals surface area contributed by atoms with E-state index in [0.717, 1.165) is 6.54 Å². The van der Waals surface area contributed by atoms with E-state index < -0.39 is 0 Å². The Morgan fingerprint density at radius 2 is 1.71 bits per heavy atom. The topological polar surface area (TPSA) is 24.9 Å². The van der Waals surface area contributed by atoms with Crippen molar-refractivity contribution in [1.29, 1.82) is 0 Å². The molecule has 0 amide bonds. The predicted molar refractivity (Wildman–Crippen MR) is 91.6 cm³/mol. The lowest BCUT2D eigenvalue weighted by atomic mass is 9.96. The molecule has 1 heterocycles. The van der Waals surface area contributed by atoms with Crippen LogP contribution < -0.4 is 5.32 Å². The molecule has 0 aliphatic rings. The van der Waals surface area contributed by atoms with Crippen molar-refractivity contribution in [2.24, 2.45) is 5.92 Å². The number of hydrogen-bond acceptors (Lipinski definition) is 3. The van der Waals surface area contributed by atoms with Crippen molar-refractivity contribution in [2.75, 3.05) is 6.54 Å². The summed E-state index contributed by atoms with van der Waals surface area (Å²) in [5, 5.41) is 4.15. The zero-order valence-corrected chi connectivity index (χ0v) is 13.8. The van der Waals surface area contributed by atoms with Gasteiger partial charge in [-0.15, -0.1) is 11.8 Å². The van der Waals surface area contributed by atoms with Gasteiger partial charge in [0.15, 0.2) is 0 Å². The van der Waals surface area contributed by atoms with Crippen molar-refractivity contribution in [1.82, 2.24) is 10.3 Å². The maximum absolute atomic E-state index is 4.11. The van der Waals surface area contributed by atoms with Gasteiger partial charge in [-0.25, -0.2) is 0 Å². The van der Waals surface area contributed by atoms with E-state index in [1.54, 1.807) is 0 Å². The van der Waals surface area contributed by atoms with Gasteiger partial charge in [-0.05, 0) is 30.2 Å². The second kappa shape index (κ2) is 8.20. The molecule has 0 aliphatic carbocycles. The van der Waals surface area contributed by atoms with Gasteiger partial charge < -0.3 is 5.32 Å². The summed E-state index contributed by atoms with van der Waals surface area (Å²) in [5.74, 6) is 0.576. The predicted octanol–water partition coefficient (Wildman–Crippen LogP) is 4.55. The van der Waals surface area contributed by atoms with E-state index in [0.29, 0.717) is 17.2 Å². The van der Waals surface area contributed by atoms with Crippen molar-refractivity contribution in [3.8, 4) is 0 Å². The Morgan fingerprint density at radius 3 is 2.29 bits per heavy atom. The molecule has 0 saturated heterocycles. The number of thioether (sulfide) groups is 1. The standard InChI is InChI=1S/C18H24N2S/c1-4-20-17(15-8-6-5-7-9-15)18(14(2)3)21-16-10-12-19-13-11-16/h5-14,17-18,20H,4H2,1-3H3. The first kappa shape index (κ1) is 16.1. The van der Waals surface area contributed by atoms with Crippen LogP contribution in [0, 0.1) is 5.92 Å². The molecule has 0 aliphatic heterocycles. The van der Waals surface area contributed by atoms with E-state index in [1.165, 1.54) is 10.5 Å². The van der Waals surface area contributed by atoms with Crippen LogP contribution in [0.15, 0.2) is 59.8 Å². The van der Waals surface area contributed by atoms with E-state index >= 15 is 0 Å². The maximum atomic E-state index is 4.11. The molecule has 1 aromatic heterocycles. The Morgan fingerprint density at radius 1 is 1.05 bits per heavy atom. The highest BCUT2D eigenvalue weighted by molar-refractivity contribution is 8.00. The molecular weight excluding hydrogens is 276 g/mol. The van der Waals surface area contributed by atoms with E-state index in [4.69, 9.17) is 0 Å². The van der Waals surface area contributed by atoms with Crippen molar-refractivity contribution in [3.05, 3.63) is 60.4 Å². The van der Waals surface area contributed by atoms with Gasteiger partial charge in [0.25, 0.3) is 0 Å². The van der Waals surface area contributed by atoms with E-state index in [-0.39, 0.29) is 0 Å². The van der Waals surface area contributed by atoms with Gasteiger partial charge >= 0.3 is 0 Å². The highest BCUT2D eigenvalue weighted by Gasteiger charge is 2.26. The average Bonchev–Trinajstić information content (AvgIpc) is 2.52. The smallest absolute Gasteiger partial charge is 0.0446 e. The third kappa shape index (κ3) is 4.58. The second-order valence-electron chi connectivity index (χ2n) is 5.46. The van der Waals surface area contributed by atoms with Gasteiger partial charge in [0.05, 0.1) is 0 Å². The Bertz CT molecular complexity index is 513. The van der Waals surface area contributed by atoms with Gasteiger partial charge in [0.2, 0.25) is 0 Å². The van der Waals surface area contributed by atoms with Gasteiger partial charge in [0, 0.05) is 28.6 Å². The van der Waals surface area contributed by atoms with Crippen LogP contribution in [-0.2, 0) is 0 Å². The van der Waals surface area contributed by atoms with Crippen LogP contribution in [-0.4, -0.2) is 16.8 Å². The summed E-state index contributed by atoms with van der Waals surface area (Å²) >= 11 is 1.94. The fourth-order valence-corrected chi connectivity index (χ4v) is 3.72. The zero-order valence-electron chi connectivity index (χ0n) is 13.0. The minimum absolute atomic E-state index is 0.356. The fraction of sp³-hybridized carbons (Fsp3) is 0.389. The third-order valence-electron chi connectivity index (χ3n) is 3.49. The maximum Gasteiger partial charge on any atom is 0.0446 e. The first-order valence-electron chi connectivity index (χ1n) is 7.57. The monoisotopic (exact) mass is 300 g/mol. The molecule has 0 radical (unpaired) electrons. The van der Waals surface area contributed by atoms with Crippen LogP contribution in [0.3, 0.4) is 0 Å². The number of benzene rings is 1. The lowest BCUT2D eigenvalue weighted by Crippen LogP contribution is -2.33. The number of hydrogen-bond donors (Lipinski definition) is 1. The van der Waals surface area contributed by atoms with Gasteiger partial charge in [-0.3, -0.25) is 4.98 Å². The molecule has 0 bridgehead atoms. The van der Waals surface area contributed by atoms with Crippen LogP contribution in [0.5, 0.6) is 0 Å². The average molecular weight is 300 g/mol. The lowest BCUT2D eigenvalue weighted by Gasteiger charge is -2.31. The van der Waals surface area contributed by atoms with E-state index in [1.807, 2.05) is 24.2 Å². The summed E-state index contributed by atoms with van der Waals surface area (Å²) in [6.07, 6.45) is 3.73. The molecule has 2 atom stereocenters. The first-order chi connectivity index (χ1) is 10.2. The lowest BCUT2D eigenvalue weighted by molar-refractivity contribution is 0.453. The molecular formula is C18H24N2S. The second-order valence-corrected chi connectivity index (χ2v) is 6.71. The first-order valence-corrected chi connectivity index (χ1v) is 8.45. The number of pyridine rings is 1. The fourth-order valence-electron chi connectivity index (χ4n) is 2.47. The molecule has 0 saturated carbocycles. The summed E-state index contributed by atoms with van der Waals surface area (Å²) in [5.41, 5.74) is 1.36. The van der Waals surface area contributed by atoms with Crippen molar-refractivity contribution in [2.45, 2.75) is 37.0 Å². The van der Waals surface area contributed by atoms with Crippen LogP contribution in [0.2, 0.25) is 0 Å². The van der Waals surface area contributed by atoms with Crippen molar-refractivity contribution in [3.63, 3.8) is 0 Å². The Balaban J connectivity index is 2.25. The van der Waals surface area contributed by atoms with Crippen LogP contribution in [0.4, 0.5) is 0 Å². The third-order valence-corrected chi connectivity index (χ3v) is 5.12. The molecule has 3 heteroatoms. The molecule has 2 rings (SSSR count). The SMILES string of the molecule is CCNC(c1ccccc1)C(Sc1ccncc1)C(C)C. The normalized spacial score (nSPS) is 14.1. The molecule has 1 N–H and O–H groups in total. The molecule has 112 valence electrons. The van der Waals surface area contributed by atoms with E-state index in [9.17, 15) is 0 Å². The Kier molecular flexibility index (Phi) is 6.27. The molecule has 1 aromatic carbocycles. The van der Waals surface area contributed by atoms with Crippen LogP contribution in [0.1, 0.15) is 32.4 Å². The molecule has 0 spiro atoms. The number of rotatable bonds is 7.